The van der Waals surface area contributed by atoms with Crippen molar-refractivity contribution in [2.24, 2.45) is 0 Å². The highest BCUT2D eigenvalue weighted by atomic mass is 19.1. The standard InChI is InChI=1S/C18H22FN5O3/c1-11(2)20-15(25)10-23-14-9-22(3)21-16(14)17(26)24(18(23)27)8-12-4-6-13(19)7-5-12/h4-7,9,11,16,21H,8,10H2,1-3H3,(H,20,25). The lowest BCUT2D eigenvalue weighted by atomic mass is 10.1. The van der Waals surface area contributed by atoms with Crippen LogP contribution in [0, 0.1) is 5.82 Å². The molecule has 3 rings (SSSR count). The van der Waals surface area contributed by atoms with E-state index in [9.17, 15) is 18.8 Å². The Morgan fingerprint density at radius 1 is 1.22 bits per heavy atom. The van der Waals surface area contributed by atoms with Gasteiger partial charge in [-0.05, 0) is 31.5 Å². The van der Waals surface area contributed by atoms with Crippen molar-refractivity contribution in [1.29, 1.82) is 0 Å². The van der Waals surface area contributed by atoms with Gasteiger partial charge in [-0.2, -0.15) is 0 Å². The van der Waals surface area contributed by atoms with E-state index in [2.05, 4.69) is 10.7 Å². The monoisotopic (exact) mass is 375 g/mol. The summed E-state index contributed by atoms with van der Waals surface area (Å²) in [5, 5.41) is 4.33. The number of hydrogen-bond acceptors (Lipinski definition) is 5. The highest BCUT2D eigenvalue weighted by Crippen LogP contribution is 2.26. The molecule has 2 aliphatic rings. The lowest BCUT2D eigenvalue weighted by Crippen LogP contribution is -2.61. The molecule has 0 bridgehead atoms. The predicted octanol–water partition coefficient (Wildman–Crippen LogP) is 0.774. The summed E-state index contributed by atoms with van der Waals surface area (Å²) in [4.78, 5) is 40.4. The molecule has 4 amide bonds. The van der Waals surface area contributed by atoms with Crippen molar-refractivity contribution < 1.29 is 18.8 Å². The molecule has 1 saturated heterocycles. The SMILES string of the molecule is CC(C)NC(=O)CN1C(=O)N(Cc2ccc(F)cc2)C(=O)C2NN(C)C=C21. The highest BCUT2D eigenvalue weighted by Gasteiger charge is 2.46. The van der Waals surface area contributed by atoms with Crippen molar-refractivity contribution in [2.45, 2.75) is 32.5 Å². The van der Waals surface area contributed by atoms with Crippen LogP contribution in [0.4, 0.5) is 9.18 Å². The molecule has 1 aromatic carbocycles. The number of rotatable bonds is 5. The van der Waals surface area contributed by atoms with Gasteiger partial charge in [0.2, 0.25) is 5.91 Å². The van der Waals surface area contributed by atoms with Crippen molar-refractivity contribution in [1.82, 2.24) is 25.6 Å². The molecule has 144 valence electrons. The molecule has 1 aromatic rings. The van der Waals surface area contributed by atoms with Crippen LogP contribution >= 0.6 is 0 Å². The summed E-state index contributed by atoms with van der Waals surface area (Å²) in [6.45, 7) is 3.46. The number of amides is 4. The van der Waals surface area contributed by atoms with E-state index in [1.807, 2.05) is 13.8 Å². The maximum absolute atomic E-state index is 13.1. The van der Waals surface area contributed by atoms with Crippen LogP contribution in [-0.4, -0.2) is 58.3 Å². The molecular formula is C18H22FN5O3. The zero-order valence-corrected chi connectivity index (χ0v) is 15.4. The first-order valence-electron chi connectivity index (χ1n) is 8.63. The first-order chi connectivity index (χ1) is 12.8. The molecule has 2 heterocycles. The maximum Gasteiger partial charge on any atom is 0.331 e. The molecule has 0 radical (unpaired) electrons. The molecule has 0 saturated carbocycles. The Bertz CT molecular complexity index is 793. The Labute approximate surface area is 156 Å². The van der Waals surface area contributed by atoms with Crippen molar-refractivity contribution in [2.75, 3.05) is 13.6 Å². The van der Waals surface area contributed by atoms with E-state index in [4.69, 9.17) is 0 Å². The van der Waals surface area contributed by atoms with E-state index in [-0.39, 0.29) is 25.0 Å². The topological polar surface area (TPSA) is 85.0 Å². The van der Waals surface area contributed by atoms with Crippen molar-refractivity contribution in [3.05, 3.63) is 47.5 Å². The molecule has 9 heteroatoms. The van der Waals surface area contributed by atoms with E-state index in [0.29, 0.717) is 11.3 Å². The smallest absolute Gasteiger partial charge is 0.331 e. The van der Waals surface area contributed by atoms with Gasteiger partial charge in [-0.25, -0.2) is 14.6 Å². The molecular weight excluding hydrogens is 353 g/mol. The number of hydrazine groups is 1. The van der Waals surface area contributed by atoms with E-state index in [1.54, 1.807) is 18.3 Å². The predicted molar refractivity (Wildman–Crippen MR) is 95.1 cm³/mol. The number of hydrogen-bond donors (Lipinski definition) is 2. The third-order valence-electron chi connectivity index (χ3n) is 4.25. The number of nitrogens with one attached hydrogen (secondary N) is 2. The average Bonchev–Trinajstić information content (AvgIpc) is 2.98. The Morgan fingerprint density at radius 3 is 2.52 bits per heavy atom. The van der Waals surface area contributed by atoms with Crippen LogP contribution in [0.1, 0.15) is 19.4 Å². The first-order valence-corrected chi connectivity index (χ1v) is 8.63. The Hall–Kier alpha value is -2.94. The van der Waals surface area contributed by atoms with Gasteiger partial charge < -0.3 is 10.3 Å². The number of benzene rings is 1. The molecule has 1 unspecified atom stereocenters. The molecule has 0 aromatic heterocycles. The molecule has 2 N–H and O–H groups in total. The van der Waals surface area contributed by atoms with Crippen LogP contribution < -0.4 is 10.7 Å². The number of carbonyl (C=O) groups excluding carboxylic acids is 3. The van der Waals surface area contributed by atoms with Crippen LogP contribution in [0.5, 0.6) is 0 Å². The summed E-state index contributed by atoms with van der Waals surface area (Å²) in [5.41, 5.74) is 4.01. The molecule has 27 heavy (non-hydrogen) atoms. The Balaban J connectivity index is 1.86. The zero-order chi connectivity index (χ0) is 19.7. The second kappa shape index (κ2) is 7.36. The Morgan fingerprint density at radius 2 is 1.89 bits per heavy atom. The van der Waals surface area contributed by atoms with Gasteiger partial charge in [0.15, 0.2) is 0 Å². The summed E-state index contributed by atoms with van der Waals surface area (Å²) in [6, 6.07) is 4.19. The molecule has 2 aliphatic heterocycles. The van der Waals surface area contributed by atoms with Gasteiger partial charge in [0.05, 0.1) is 12.2 Å². The maximum atomic E-state index is 13.1. The zero-order valence-electron chi connectivity index (χ0n) is 15.4. The minimum atomic E-state index is -0.750. The lowest BCUT2D eigenvalue weighted by Gasteiger charge is -2.37. The summed E-state index contributed by atoms with van der Waals surface area (Å²) in [5.74, 6) is -1.13. The number of carbonyl (C=O) groups is 3. The normalized spacial score (nSPS) is 19.5. The van der Waals surface area contributed by atoms with Gasteiger partial charge in [-0.15, -0.1) is 0 Å². The van der Waals surface area contributed by atoms with Crippen molar-refractivity contribution >= 4 is 17.8 Å². The van der Waals surface area contributed by atoms with Gasteiger partial charge in [0, 0.05) is 19.3 Å². The van der Waals surface area contributed by atoms with E-state index >= 15 is 0 Å². The summed E-state index contributed by atoms with van der Waals surface area (Å²) >= 11 is 0. The van der Waals surface area contributed by atoms with E-state index in [0.717, 1.165) is 4.90 Å². The van der Waals surface area contributed by atoms with Gasteiger partial charge >= 0.3 is 6.03 Å². The van der Waals surface area contributed by atoms with Gasteiger partial charge in [-0.3, -0.25) is 19.4 Å². The van der Waals surface area contributed by atoms with Crippen molar-refractivity contribution in [3.8, 4) is 0 Å². The van der Waals surface area contributed by atoms with Gasteiger partial charge in [0.1, 0.15) is 18.4 Å². The first kappa shape index (κ1) is 18.8. The second-order valence-corrected chi connectivity index (χ2v) is 6.87. The van der Waals surface area contributed by atoms with Crippen LogP contribution in [0.25, 0.3) is 0 Å². The number of imide groups is 1. The Kier molecular flexibility index (Phi) is 5.13. The third kappa shape index (κ3) is 3.92. The minimum Gasteiger partial charge on any atom is -0.352 e. The van der Waals surface area contributed by atoms with E-state index in [1.165, 1.54) is 29.2 Å². The number of urea groups is 1. The highest BCUT2D eigenvalue weighted by molar-refractivity contribution is 6.04. The molecule has 8 nitrogen and oxygen atoms in total. The quantitative estimate of drug-likeness (QED) is 0.794. The number of nitrogens with zero attached hydrogens (tertiary/aromatic N) is 3. The van der Waals surface area contributed by atoms with Gasteiger partial charge in [-0.1, -0.05) is 12.1 Å². The average molecular weight is 375 g/mol. The molecule has 0 spiro atoms. The van der Waals surface area contributed by atoms with Crippen LogP contribution in [0.3, 0.4) is 0 Å². The fourth-order valence-corrected chi connectivity index (χ4v) is 3.08. The van der Waals surface area contributed by atoms with E-state index < -0.39 is 23.8 Å². The van der Waals surface area contributed by atoms with Gasteiger partial charge in [0.25, 0.3) is 5.91 Å². The fraction of sp³-hybridized carbons (Fsp3) is 0.389. The minimum absolute atomic E-state index is 0.00454. The third-order valence-corrected chi connectivity index (χ3v) is 4.25. The molecule has 1 fully saturated rings. The number of fused-ring (bicyclic) bond motifs is 1. The molecule has 1 atom stereocenters. The summed E-state index contributed by atoms with van der Waals surface area (Å²) in [6.07, 6.45) is 1.62. The summed E-state index contributed by atoms with van der Waals surface area (Å²) in [7, 11) is 1.71. The van der Waals surface area contributed by atoms with Crippen LogP contribution in [0.2, 0.25) is 0 Å². The van der Waals surface area contributed by atoms with Crippen LogP contribution in [-0.2, 0) is 16.1 Å². The largest absolute Gasteiger partial charge is 0.352 e. The second-order valence-electron chi connectivity index (χ2n) is 6.87. The van der Waals surface area contributed by atoms with Crippen molar-refractivity contribution in [3.63, 3.8) is 0 Å². The van der Waals surface area contributed by atoms with Crippen LogP contribution in [0.15, 0.2) is 36.2 Å². The summed E-state index contributed by atoms with van der Waals surface area (Å²) < 4.78 is 13.1. The lowest BCUT2D eigenvalue weighted by molar-refractivity contribution is -0.134. The fourth-order valence-electron chi connectivity index (χ4n) is 3.08. The number of halogens is 1. The molecule has 0 aliphatic carbocycles.